The maximum absolute atomic E-state index is 13.0. The van der Waals surface area contributed by atoms with Crippen LogP contribution >= 0.6 is 0 Å². The summed E-state index contributed by atoms with van der Waals surface area (Å²) in [6, 6.07) is 10.4. The molecule has 6 nitrogen and oxygen atoms in total. The number of rotatable bonds is 4. The summed E-state index contributed by atoms with van der Waals surface area (Å²) < 4.78 is 38.2. The molecule has 1 atom stereocenters. The molecule has 0 bridgehead atoms. The number of aromatic nitrogens is 1. The Hall–Kier alpha value is -3.10. The number of carbonyl (C=O) groups is 2. The lowest BCUT2D eigenvalue weighted by Crippen LogP contribution is -2.51. The molecule has 1 aromatic heterocycles. The highest BCUT2D eigenvalue weighted by molar-refractivity contribution is 5.89. The molecule has 0 N–H and O–H groups in total. The van der Waals surface area contributed by atoms with Gasteiger partial charge in [-0.15, -0.1) is 0 Å². The van der Waals surface area contributed by atoms with Crippen molar-refractivity contribution >= 4 is 17.6 Å². The van der Waals surface area contributed by atoms with Crippen LogP contribution in [-0.2, 0) is 22.3 Å². The lowest BCUT2D eigenvalue weighted by Gasteiger charge is -2.36. The highest BCUT2D eigenvalue weighted by Gasteiger charge is 2.37. The van der Waals surface area contributed by atoms with E-state index >= 15 is 0 Å². The minimum Gasteiger partial charge on any atom is -0.353 e. The van der Waals surface area contributed by atoms with E-state index in [1.165, 1.54) is 6.07 Å². The zero-order valence-electron chi connectivity index (χ0n) is 17.8. The normalized spacial score (nSPS) is 19.6. The molecule has 9 heteroatoms. The van der Waals surface area contributed by atoms with Crippen LogP contribution in [-0.4, -0.2) is 59.3 Å². The Balaban J connectivity index is 1.30. The zero-order chi connectivity index (χ0) is 22.9. The summed E-state index contributed by atoms with van der Waals surface area (Å²) in [7, 11) is 0. The van der Waals surface area contributed by atoms with Crippen LogP contribution in [0, 0.1) is 12.8 Å². The van der Waals surface area contributed by atoms with Gasteiger partial charge in [0.05, 0.1) is 11.5 Å². The van der Waals surface area contributed by atoms with Gasteiger partial charge in [0.1, 0.15) is 5.82 Å². The van der Waals surface area contributed by atoms with Gasteiger partial charge in [0.2, 0.25) is 11.8 Å². The number of likely N-dealkylation sites (tertiary alicyclic amines) is 1. The number of halogens is 3. The second kappa shape index (κ2) is 8.80. The van der Waals surface area contributed by atoms with E-state index in [0.717, 1.165) is 23.4 Å². The number of nitrogens with zero attached hydrogens (tertiary/aromatic N) is 4. The van der Waals surface area contributed by atoms with Crippen molar-refractivity contribution in [2.75, 3.05) is 37.6 Å². The van der Waals surface area contributed by atoms with Gasteiger partial charge in [-0.1, -0.05) is 29.8 Å². The predicted octanol–water partition coefficient (Wildman–Crippen LogP) is 3.11. The minimum absolute atomic E-state index is 0.0171. The van der Waals surface area contributed by atoms with Crippen molar-refractivity contribution < 1.29 is 22.8 Å². The number of piperazine rings is 1. The van der Waals surface area contributed by atoms with Gasteiger partial charge in [0.25, 0.3) is 0 Å². The van der Waals surface area contributed by atoms with E-state index < -0.39 is 11.7 Å². The molecule has 1 aromatic carbocycles. The van der Waals surface area contributed by atoms with E-state index in [4.69, 9.17) is 0 Å². The van der Waals surface area contributed by atoms with Crippen LogP contribution in [0.3, 0.4) is 0 Å². The Kier molecular flexibility index (Phi) is 6.08. The fraction of sp³-hybridized carbons (Fsp3) is 0.435. The molecule has 2 fully saturated rings. The summed E-state index contributed by atoms with van der Waals surface area (Å²) in [5, 5.41) is 0. The predicted molar refractivity (Wildman–Crippen MR) is 113 cm³/mol. The van der Waals surface area contributed by atoms with Crippen molar-refractivity contribution in [3.05, 3.63) is 59.3 Å². The van der Waals surface area contributed by atoms with E-state index in [1.807, 2.05) is 36.1 Å². The number of carbonyl (C=O) groups excluding carboxylic acids is 2. The van der Waals surface area contributed by atoms with Crippen LogP contribution in [0.15, 0.2) is 42.6 Å². The quantitative estimate of drug-likeness (QED) is 0.724. The van der Waals surface area contributed by atoms with Gasteiger partial charge >= 0.3 is 6.18 Å². The molecule has 2 amide bonds. The van der Waals surface area contributed by atoms with Crippen molar-refractivity contribution in [3.63, 3.8) is 0 Å². The zero-order valence-corrected chi connectivity index (χ0v) is 17.8. The highest BCUT2D eigenvalue weighted by atomic mass is 19.4. The van der Waals surface area contributed by atoms with Gasteiger partial charge in [-0.25, -0.2) is 4.98 Å². The number of benzene rings is 1. The third kappa shape index (κ3) is 4.87. The first kappa shape index (κ1) is 22.1. The second-order valence-electron chi connectivity index (χ2n) is 8.38. The van der Waals surface area contributed by atoms with Crippen molar-refractivity contribution in [3.8, 4) is 0 Å². The molecule has 2 aliphatic rings. The van der Waals surface area contributed by atoms with Gasteiger partial charge in [0.15, 0.2) is 0 Å². The molecule has 32 heavy (non-hydrogen) atoms. The molecule has 2 aromatic rings. The van der Waals surface area contributed by atoms with Crippen LogP contribution < -0.4 is 4.90 Å². The average Bonchev–Trinajstić information content (AvgIpc) is 3.14. The maximum atomic E-state index is 13.0. The molecule has 2 aliphatic heterocycles. The highest BCUT2D eigenvalue weighted by Crippen LogP contribution is 2.29. The molecule has 0 saturated carbocycles. The van der Waals surface area contributed by atoms with Crippen LogP contribution in [0.5, 0.6) is 0 Å². The summed E-state index contributed by atoms with van der Waals surface area (Å²) in [6.07, 6.45) is -3.37. The largest absolute Gasteiger partial charge is 0.417 e. The molecule has 170 valence electrons. The molecule has 2 saturated heterocycles. The number of amides is 2. The Morgan fingerprint density at radius 3 is 2.34 bits per heavy atom. The number of alkyl halides is 3. The molecule has 0 radical (unpaired) electrons. The van der Waals surface area contributed by atoms with Crippen LogP contribution in [0.1, 0.15) is 23.1 Å². The SMILES string of the molecule is Cc1ccc(CN2CC(C(=O)N3CCN(c4ccc(C(F)(F)F)cn4)CC3)CC2=O)cc1. The summed E-state index contributed by atoms with van der Waals surface area (Å²) in [5.74, 6) is 0.0513. The lowest BCUT2D eigenvalue weighted by atomic mass is 10.1. The monoisotopic (exact) mass is 446 g/mol. The molecule has 1 unspecified atom stereocenters. The fourth-order valence-corrected chi connectivity index (χ4v) is 4.16. The number of aryl methyl sites for hydroxylation is 1. The van der Waals surface area contributed by atoms with Gasteiger partial charge in [-0.2, -0.15) is 13.2 Å². The van der Waals surface area contributed by atoms with Gasteiger partial charge in [0, 0.05) is 51.9 Å². The summed E-state index contributed by atoms with van der Waals surface area (Å²) >= 11 is 0. The van der Waals surface area contributed by atoms with Crippen molar-refractivity contribution in [1.29, 1.82) is 0 Å². The molecule has 0 spiro atoms. The van der Waals surface area contributed by atoms with Crippen LogP contribution in [0.2, 0.25) is 0 Å². The number of anilines is 1. The van der Waals surface area contributed by atoms with Gasteiger partial charge in [-0.05, 0) is 24.6 Å². The van der Waals surface area contributed by atoms with Crippen molar-refractivity contribution in [2.24, 2.45) is 5.92 Å². The average molecular weight is 446 g/mol. The van der Waals surface area contributed by atoms with Gasteiger partial charge < -0.3 is 14.7 Å². The van der Waals surface area contributed by atoms with E-state index in [-0.39, 0.29) is 24.2 Å². The number of hydrogen-bond donors (Lipinski definition) is 0. The summed E-state index contributed by atoms with van der Waals surface area (Å²) in [5.41, 5.74) is 1.41. The Labute approximate surface area is 184 Å². The Morgan fingerprint density at radius 2 is 1.75 bits per heavy atom. The smallest absolute Gasteiger partial charge is 0.353 e. The fourth-order valence-electron chi connectivity index (χ4n) is 4.16. The summed E-state index contributed by atoms with van der Waals surface area (Å²) in [6.45, 7) is 4.78. The van der Waals surface area contributed by atoms with E-state index in [1.54, 1.807) is 9.80 Å². The molecule has 0 aliphatic carbocycles. The minimum atomic E-state index is -4.41. The van der Waals surface area contributed by atoms with Crippen LogP contribution in [0.4, 0.5) is 19.0 Å². The Morgan fingerprint density at radius 1 is 1.06 bits per heavy atom. The maximum Gasteiger partial charge on any atom is 0.417 e. The van der Waals surface area contributed by atoms with E-state index in [9.17, 15) is 22.8 Å². The first-order chi connectivity index (χ1) is 15.2. The molecule has 4 rings (SSSR count). The molecular weight excluding hydrogens is 421 g/mol. The lowest BCUT2D eigenvalue weighted by molar-refractivity contribution is -0.138. The van der Waals surface area contributed by atoms with Crippen molar-refractivity contribution in [1.82, 2.24) is 14.8 Å². The van der Waals surface area contributed by atoms with E-state index in [0.29, 0.717) is 45.1 Å². The van der Waals surface area contributed by atoms with Crippen LogP contribution in [0.25, 0.3) is 0 Å². The molecule has 3 heterocycles. The third-order valence-corrected chi connectivity index (χ3v) is 6.05. The Bertz CT molecular complexity index is 968. The van der Waals surface area contributed by atoms with E-state index in [2.05, 4.69) is 4.98 Å². The number of hydrogen-bond acceptors (Lipinski definition) is 4. The first-order valence-electron chi connectivity index (χ1n) is 10.6. The molecular formula is C23H25F3N4O2. The first-order valence-corrected chi connectivity index (χ1v) is 10.6. The topological polar surface area (TPSA) is 56.8 Å². The second-order valence-corrected chi connectivity index (χ2v) is 8.38. The van der Waals surface area contributed by atoms with Crippen molar-refractivity contribution in [2.45, 2.75) is 26.1 Å². The van der Waals surface area contributed by atoms with Gasteiger partial charge in [-0.3, -0.25) is 9.59 Å². The standard InChI is InChI=1S/C23H25F3N4O2/c1-16-2-4-17(5-3-16)14-30-15-18(12-21(30)31)22(32)29-10-8-28(9-11-29)20-7-6-19(13-27-20)23(24,25)26/h2-7,13,18H,8-12,14-15H2,1H3. The number of pyridine rings is 1. The summed E-state index contributed by atoms with van der Waals surface area (Å²) in [4.78, 5) is 34.7. The third-order valence-electron chi connectivity index (χ3n) is 6.05.